The summed E-state index contributed by atoms with van der Waals surface area (Å²) in [7, 11) is 0. The fourth-order valence-corrected chi connectivity index (χ4v) is 4.02. The van der Waals surface area contributed by atoms with Gasteiger partial charge in [-0.15, -0.1) is 11.3 Å². The lowest BCUT2D eigenvalue weighted by molar-refractivity contribution is -0.135. The Hall–Kier alpha value is -1.36. The van der Waals surface area contributed by atoms with Crippen LogP contribution in [-0.2, 0) is 4.79 Å². The van der Waals surface area contributed by atoms with E-state index in [1.54, 1.807) is 0 Å². The molecule has 4 nitrogen and oxygen atoms in total. The Balaban J connectivity index is 1.59. The van der Waals surface area contributed by atoms with Crippen LogP contribution in [0.25, 0.3) is 0 Å². The van der Waals surface area contributed by atoms with Gasteiger partial charge in [0.15, 0.2) is 0 Å². The minimum absolute atomic E-state index is 0.111. The van der Waals surface area contributed by atoms with Gasteiger partial charge in [-0.25, -0.2) is 0 Å². The monoisotopic (exact) mass is 306 g/mol. The second kappa shape index (κ2) is 6.60. The van der Waals surface area contributed by atoms with Crippen LogP contribution < -0.4 is 0 Å². The molecule has 1 saturated carbocycles. The SMILES string of the molecule is O=C(c1cccs1)N1CCCN(C(=O)C2CCCC2)CC1. The van der Waals surface area contributed by atoms with Crippen molar-refractivity contribution in [1.29, 1.82) is 0 Å². The Bertz CT molecular complexity index is 494. The van der Waals surface area contributed by atoms with Gasteiger partial charge in [-0.2, -0.15) is 0 Å². The van der Waals surface area contributed by atoms with Gasteiger partial charge < -0.3 is 9.80 Å². The molecule has 3 rings (SSSR count). The van der Waals surface area contributed by atoms with Crippen LogP contribution in [0.1, 0.15) is 41.8 Å². The molecule has 0 N–H and O–H groups in total. The quantitative estimate of drug-likeness (QED) is 0.843. The molecule has 0 spiro atoms. The van der Waals surface area contributed by atoms with Crippen LogP contribution in [-0.4, -0.2) is 47.8 Å². The van der Waals surface area contributed by atoms with Crippen molar-refractivity contribution < 1.29 is 9.59 Å². The molecule has 2 fully saturated rings. The number of nitrogens with zero attached hydrogens (tertiary/aromatic N) is 2. The zero-order chi connectivity index (χ0) is 14.7. The normalized spacial score (nSPS) is 20.6. The van der Waals surface area contributed by atoms with Crippen molar-refractivity contribution in [3.05, 3.63) is 22.4 Å². The van der Waals surface area contributed by atoms with Gasteiger partial charge in [0.2, 0.25) is 5.91 Å². The van der Waals surface area contributed by atoms with E-state index in [1.165, 1.54) is 24.2 Å². The predicted molar refractivity (Wildman–Crippen MR) is 83.4 cm³/mol. The number of hydrogen-bond donors (Lipinski definition) is 0. The van der Waals surface area contributed by atoms with Gasteiger partial charge in [0, 0.05) is 32.1 Å². The molecule has 21 heavy (non-hydrogen) atoms. The smallest absolute Gasteiger partial charge is 0.263 e. The molecule has 2 amide bonds. The Morgan fingerprint density at radius 3 is 2.43 bits per heavy atom. The van der Waals surface area contributed by atoms with E-state index in [0.717, 1.165) is 37.2 Å². The summed E-state index contributed by atoms with van der Waals surface area (Å²) < 4.78 is 0. The van der Waals surface area contributed by atoms with E-state index >= 15 is 0 Å². The first-order valence-corrected chi connectivity index (χ1v) is 8.75. The number of carbonyl (C=O) groups is 2. The fourth-order valence-electron chi connectivity index (χ4n) is 3.33. The first kappa shape index (κ1) is 14.6. The average molecular weight is 306 g/mol. The highest BCUT2D eigenvalue weighted by Crippen LogP contribution is 2.27. The third-order valence-corrected chi connectivity index (χ3v) is 5.39. The number of rotatable bonds is 2. The number of thiophene rings is 1. The van der Waals surface area contributed by atoms with Crippen molar-refractivity contribution in [2.75, 3.05) is 26.2 Å². The zero-order valence-corrected chi connectivity index (χ0v) is 13.1. The summed E-state index contributed by atoms with van der Waals surface area (Å²) in [5.74, 6) is 0.669. The standard InChI is InChI=1S/C16H22N2O2S/c19-15(13-5-1-2-6-13)17-8-4-9-18(11-10-17)16(20)14-7-3-12-21-14/h3,7,12-13H,1-2,4-6,8-11H2. The highest BCUT2D eigenvalue weighted by Gasteiger charge is 2.29. The van der Waals surface area contributed by atoms with Crippen molar-refractivity contribution in [1.82, 2.24) is 9.80 Å². The molecule has 1 aliphatic carbocycles. The van der Waals surface area contributed by atoms with Crippen LogP contribution in [0.2, 0.25) is 0 Å². The molecule has 0 atom stereocenters. The minimum Gasteiger partial charge on any atom is -0.341 e. The molecule has 0 aromatic carbocycles. The van der Waals surface area contributed by atoms with Crippen LogP contribution in [0.3, 0.4) is 0 Å². The summed E-state index contributed by atoms with van der Waals surface area (Å²) in [6.45, 7) is 2.90. The average Bonchev–Trinajstić information content (AvgIpc) is 3.15. The van der Waals surface area contributed by atoms with Crippen molar-refractivity contribution in [3.8, 4) is 0 Å². The van der Waals surface area contributed by atoms with Gasteiger partial charge in [0.05, 0.1) is 4.88 Å². The fraction of sp³-hybridized carbons (Fsp3) is 0.625. The predicted octanol–water partition coefficient (Wildman–Crippen LogP) is 2.61. The molecule has 2 aliphatic rings. The second-order valence-electron chi connectivity index (χ2n) is 5.93. The van der Waals surface area contributed by atoms with Crippen molar-refractivity contribution in [2.24, 2.45) is 5.92 Å². The summed E-state index contributed by atoms with van der Waals surface area (Å²) >= 11 is 1.49. The highest BCUT2D eigenvalue weighted by atomic mass is 32.1. The largest absolute Gasteiger partial charge is 0.341 e. The molecule has 114 valence electrons. The van der Waals surface area contributed by atoms with Gasteiger partial charge >= 0.3 is 0 Å². The van der Waals surface area contributed by atoms with Crippen molar-refractivity contribution in [2.45, 2.75) is 32.1 Å². The molecule has 1 aliphatic heterocycles. The Morgan fingerprint density at radius 1 is 1.00 bits per heavy atom. The van der Waals surface area contributed by atoms with E-state index in [0.29, 0.717) is 19.0 Å². The van der Waals surface area contributed by atoms with Crippen molar-refractivity contribution in [3.63, 3.8) is 0 Å². The summed E-state index contributed by atoms with van der Waals surface area (Å²) in [5, 5.41) is 1.93. The zero-order valence-electron chi connectivity index (χ0n) is 12.3. The molecular formula is C16H22N2O2S. The Morgan fingerprint density at radius 2 is 1.71 bits per heavy atom. The van der Waals surface area contributed by atoms with Crippen LogP contribution in [0.5, 0.6) is 0 Å². The first-order chi connectivity index (χ1) is 10.3. The second-order valence-corrected chi connectivity index (χ2v) is 6.88. The molecule has 1 saturated heterocycles. The molecule has 2 heterocycles. The van der Waals surface area contributed by atoms with Crippen molar-refractivity contribution >= 4 is 23.2 Å². The molecule has 1 aromatic rings. The molecule has 0 bridgehead atoms. The molecular weight excluding hydrogens is 284 g/mol. The first-order valence-electron chi connectivity index (χ1n) is 7.87. The lowest BCUT2D eigenvalue weighted by Crippen LogP contribution is -2.39. The highest BCUT2D eigenvalue weighted by molar-refractivity contribution is 7.12. The summed E-state index contributed by atoms with van der Waals surface area (Å²) in [6.07, 6.45) is 5.36. The number of hydrogen-bond acceptors (Lipinski definition) is 3. The maximum absolute atomic E-state index is 12.5. The number of amides is 2. The summed E-state index contributed by atoms with van der Waals surface area (Å²) in [4.78, 5) is 29.5. The topological polar surface area (TPSA) is 40.6 Å². The van der Waals surface area contributed by atoms with Crippen LogP contribution >= 0.6 is 11.3 Å². The lowest BCUT2D eigenvalue weighted by atomic mass is 10.1. The number of carbonyl (C=O) groups excluding carboxylic acids is 2. The molecule has 0 radical (unpaired) electrons. The molecule has 1 aromatic heterocycles. The molecule has 5 heteroatoms. The Kier molecular flexibility index (Phi) is 4.58. The van der Waals surface area contributed by atoms with E-state index in [1.807, 2.05) is 27.3 Å². The van der Waals surface area contributed by atoms with Crippen LogP contribution in [0, 0.1) is 5.92 Å². The third kappa shape index (κ3) is 3.28. The minimum atomic E-state index is 0.111. The Labute approximate surface area is 129 Å². The van der Waals surface area contributed by atoms with E-state index in [4.69, 9.17) is 0 Å². The van der Waals surface area contributed by atoms with Gasteiger partial charge in [-0.05, 0) is 30.7 Å². The van der Waals surface area contributed by atoms with E-state index < -0.39 is 0 Å². The molecule has 0 unspecified atom stereocenters. The summed E-state index contributed by atoms with van der Waals surface area (Å²) in [5.41, 5.74) is 0. The summed E-state index contributed by atoms with van der Waals surface area (Å²) in [6, 6.07) is 3.78. The van der Waals surface area contributed by atoms with Crippen LogP contribution in [0.4, 0.5) is 0 Å². The van der Waals surface area contributed by atoms with E-state index in [9.17, 15) is 9.59 Å². The van der Waals surface area contributed by atoms with Gasteiger partial charge in [0.25, 0.3) is 5.91 Å². The maximum atomic E-state index is 12.5. The van der Waals surface area contributed by atoms with E-state index in [2.05, 4.69) is 0 Å². The lowest BCUT2D eigenvalue weighted by Gasteiger charge is -2.24. The van der Waals surface area contributed by atoms with Gasteiger partial charge in [-0.1, -0.05) is 18.9 Å². The maximum Gasteiger partial charge on any atom is 0.263 e. The third-order valence-electron chi connectivity index (χ3n) is 4.53. The van der Waals surface area contributed by atoms with Gasteiger partial charge in [0.1, 0.15) is 0 Å². The van der Waals surface area contributed by atoms with Gasteiger partial charge in [-0.3, -0.25) is 9.59 Å². The van der Waals surface area contributed by atoms with E-state index in [-0.39, 0.29) is 11.8 Å². The van der Waals surface area contributed by atoms with Crippen LogP contribution in [0.15, 0.2) is 17.5 Å².